The lowest BCUT2D eigenvalue weighted by Gasteiger charge is -2.49. The smallest absolute Gasteiger partial charge is 0.222 e. The number of amides is 1. The minimum atomic E-state index is 0.249. The second-order valence-corrected chi connectivity index (χ2v) is 8.75. The average molecular weight is 357 g/mol. The van der Waals surface area contributed by atoms with Crippen molar-refractivity contribution < 1.29 is 4.79 Å². The molecule has 0 N–H and O–H groups in total. The highest BCUT2D eigenvalue weighted by atomic mass is 16.2. The number of carbonyl (C=O) groups excluding carboxylic acids is 1. The second kappa shape index (κ2) is 6.82. The molecule has 0 bridgehead atoms. The van der Waals surface area contributed by atoms with E-state index in [0.717, 1.165) is 68.7 Å². The number of nitrogens with zero attached hydrogens (tertiary/aromatic N) is 4. The van der Waals surface area contributed by atoms with Crippen molar-refractivity contribution >= 4 is 11.7 Å². The van der Waals surface area contributed by atoms with Crippen LogP contribution in [0.5, 0.6) is 0 Å². The third kappa shape index (κ3) is 3.45. The van der Waals surface area contributed by atoms with Crippen molar-refractivity contribution in [2.75, 3.05) is 31.1 Å². The van der Waals surface area contributed by atoms with Crippen molar-refractivity contribution in [1.29, 1.82) is 0 Å². The molecule has 4 rings (SSSR count). The summed E-state index contributed by atoms with van der Waals surface area (Å²) in [4.78, 5) is 26.5. The molecule has 5 nitrogen and oxygen atoms in total. The lowest BCUT2D eigenvalue weighted by Crippen LogP contribution is -2.54. The van der Waals surface area contributed by atoms with Gasteiger partial charge in [0.25, 0.3) is 0 Å². The molecular formula is C21H32N4O. The maximum absolute atomic E-state index is 12.4. The maximum atomic E-state index is 12.4. The number of piperidine rings is 2. The van der Waals surface area contributed by atoms with Gasteiger partial charge in [0, 0.05) is 49.3 Å². The van der Waals surface area contributed by atoms with Crippen LogP contribution in [-0.4, -0.2) is 47.0 Å². The SMILES string of the molecule is CCc1c(C)nc(C)nc1N1CCCC2(CCC(=O)N(CC3CC3)C2)C1. The summed E-state index contributed by atoms with van der Waals surface area (Å²) >= 11 is 0. The molecule has 1 amide bonds. The van der Waals surface area contributed by atoms with Gasteiger partial charge in [0.1, 0.15) is 11.6 Å². The molecule has 142 valence electrons. The molecule has 1 aromatic heterocycles. The van der Waals surface area contributed by atoms with Gasteiger partial charge in [0.15, 0.2) is 0 Å². The first-order valence-electron chi connectivity index (χ1n) is 10.4. The zero-order valence-corrected chi connectivity index (χ0v) is 16.6. The molecule has 0 radical (unpaired) electrons. The molecule has 1 aliphatic carbocycles. The quantitative estimate of drug-likeness (QED) is 0.831. The largest absolute Gasteiger partial charge is 0.356 e. The zero-order chi connectivity index (χ0) is 18.3. The van der Waals surface area contributed by atoms with E-state index in [1.807, 2.05) is 6.92 Å². The molecule has 1 unspecified atom stereocenters. The summed E-state index contributed by atoms with van der Waals surface area (Å²) in [6, 6.07) is 0. The van der Waals surface area contributed by atoms with Crippen LogP contribution in [0.4, 0.5) is 5.82 Å². The molecule has 26 heavy (non-hydrogen) atoms. The number of likely N-dealkylation sites (tertiary alicyclic amines) is 1. The van der Waals surface area contributed by atoms with Crippen molar-refractivity contribution in [3.63, 3.8) is 0 Å². The molecule has 5 heteroatoms. The summed E-state index contributed by atoms with van der Waals surface area (Å²) in [5.41, 5.74) is 2.65. The molecule has 1 spiro atoms. The van der Waals surface area contributed by atoms with Gasteiger partial charge in [-0.25, -0.2) is 9.97 Å². The fourth-order valence-corrected chi connectivity index (χ4v) is 5.00. The van der Waals surface area contributed by atoms with E-state index in [9.17, 15) is 4.79 Å². The van der Waals surface area contributed by atoms with Crippen LogP contribution in [0.2, 0.25) is 0 Å². The fraction of sp³-hybridized carbons (Fsp3) is 0.762. The summed E-state index contributed by atoms with van der Waals surface area (Å²) in [6.45, 7) is 10.3. The highest BCUT2D eigenvalue weighted by Gasteiger charge is 2.43. The monoisotopic (exact) mass is 356 g/mol. The number of hydrogen-bond acceptors (Lipinski definition) is 4. The van der Waals surface area contributed by atoms with E-state index in [1.165, 1.54) is 31.2 Å². The number of aryl methyl sites for hydroxylation is 2. The Labute approximate surface area is 157 Å². The van der Waals surface area contributed by atoms with Gasteiger partial charge >= 0.3 is 0 Å². The van der Waals surface area contributed by atoms with Crippen LogP contribution in [0.25, 0.3) is 0 Å². The van der Waals surface area contributed by atoms with E-state index < -0.39 is 0 Å². The van der Waals surface area contributed by atoms with Crippen LogP contribution >= 0.6 is 0 Å². The van der Waals surface area contributed by atoms with Crippen LogP contribution in [0.1, 0.15) is 62.5 Å². The summed E-state index contributed by atoms with van der Waals surface area (Å²) in [5, 5.41) is 0. The first-order chi connectivity index (χ1) is 12.5. The molecule has 2 saturated heterocycles. The first kappa shape index (κ1) is 17.7. The number of anilines is 1. The van der Waals surface area contributed by atoms with Gasteiger partial charge in [0.05, 0.1) is 0 Å². The Bertz CT molecular complexity index is 699. The van der Waals surface area contributed by atoms with E-state index in [1.54, 1.807) is 0 Å². The van der Waals surface area contributed by atoms with Crippen LogP contribution < -0.4 is 4.90 Å². The van der Waals surface area contributed by atoms with Crippen molar-refractivity contribution in [3.05, 3.63) is 17.1 Å². The molecule has 1 saturated carbocycles. The Kier molecular flexibility index (Phi) is 4.66. The maximum Gasteiger partial charge on any atom is 0.222 e. The number of aromatic nitrogens is 2. The number of rotatable bonds is 4. The van der Waals surface area contributed by atoms with E-state index in [2.05, 4.69) is 28.6 Å². The predicted octanol–water partition coefficient (Wildman–Crippen LogP) is 3.27. The Morgan fingerprint density at radius 1 is 1.15 bits per heavy atom. The molecule has 1 atom stereocenters. The van der Waals surface area contributed by atoms with Gasteiger partial charge in [-0.3, -0.25) is 4.79 Å². The van der Waals surface area contributed by atoms with Crippen LogP contribution in [0.3, 0.4) is 0 Å². The third-order valence-electron chi connectivity index (χ3n) is 6.54. The topological polar surface area (TPSA) is 49.3 Å². The normalized spacial score (nSPS) is 26.7. The third-order valence-corrected chi connectivity index (χ3v) is 6.54. The summed E-state index contributed by atoms with van der Waals surface area (Å²) < 4.78 is 0. The Balaban J connectivity index is 1.56. The molecule has 3 aliphatic rings. The van der Waals surface area contributed by atoms with Crippen LogP contribution in [0.15, 0.2) is 0 Å². The number of hydrogen-bond donors (Lipinski definition) is 0. The summed E-state index contributed by atoms with van der Waals surface area (Å²) in [5.74, 6) is 3.15. The molecule has 1 aromatic rings. The number of carbonyl (C=O) groups is 1. The Hall–Kier alpha value is -1.65. The lowest BCUT2D eigenvalue weighted by molar-refractivity contribution is -0.138. The highest BCUT2D eigenvalue weighted by molar-refractivity contribution is 5.77. The van der Waals surface area contributed by atoms with Crippen molar-refractivity contribution in [2.45, 2.75) is 65.7 Å². The van der Waals surface area contributed by atoms with Gasteiger partial charge < -0.3 is 9.80 Å². The lowest BCUT2D eigenvalue weighted by atomic mass is 9.73. The first-order valence-corrected chi connectivity index (χ1v) is 10.4. The minimum Gasteiger partial charge on any atom is -0.356 e. The van der Waals surface area contributed by atoms with Gasteiger partial charge in [-0.05, 0) is 58.3 Å². The van der Waals surface area contributed by atoms with Crippen molar-refractivity contribution in [2.24, 2.45) is 11.3 Å². The highest BCUT2D eigenvalue weighted by Crippen LogP contribution is 2.42. The Morgan fingerprint density at radius 2 is 1.96 bits per heavy atom. The average Bonchev–Trinajstić information content (AvgIpc) is 3.42. The summed E-state index contributed by atoms with van der Waals surface area (Å²) in [6.07, 6.45) is 7.78. The standard InChI is InChI=1S/C21H32N4O/c1-4-18-15(2)22-16(3)23-20(18)24-11-5-9-21(13-24)10-8-19(26)25(14-21)12-17-6-7-17/h17H,4-14H2,1-3H3. The summed E-state index contributed by atoms with van der Waals surface area (Å²) in [7, 11) is 0. The van der Waals surface area contributed by atoms with Crippen LogP contribution in [0, 0.1) is 25.2 Å². The predicted molar refractivity (Wildman–Crippen MR) is 103 cm³/mol. The second-order valence-electron chi connectivity index (χ2n) is 8.75. The van der Waals surface area contributed by atoms with Crippen molar-refractivity contribution in [1.82, 2.24) is 14.9 Å². The van der Waals surface area contributed by atoms with Gasteiger partial charge in [0.2, 0.25) is 5.91 Å². The Morgan fingerprint density at radius 3 is 2.69 bits per heavy atom. The minimum absolute atomic E-state index is 0.249. The molecule has 3 heterocycles. The van der Waals surface area contributed by atoms with Gasteiger partial charge in [-0.15, -0.1) is 0 Å². The van der Waals surface area contributed by atoms with E-state index in [-0.39, 0.29) is 5.41 Å². The molecule has 0 aromatic carbocycles. The molecule has 3 fully saturated rings. The van der Waals surface area contributed by atoms with E-state index >= 15 is 0 Å². The van der Waals surface area contributed by atoms with Gasteiger partial charge in [-0.1, -0.05) is 6.92 Å². The van der Waals surface area contributed by atoms with Crippen LogP contribution in [-0.2, 0) is 11.2 Å². The fourth-order valence-electron chi connectivity index (χ4n) is 5.00. The van der Waals surface area contributed by atoms with E-state index in [4.69, 9.17) is 4.98 Å². The van der Waals surface area contributed by atoms with Crippen molar-refractivity contribution in [3.8, 4) is 0 Å². The zero-order valence-electron chi connectivity index (χ0n) is 16.6. The van der Waals surface area contributed by atoms with E-state index in [0.29, 0.717) is 5.91 Å². The molecular weight excluding hydrogens is 324 g/mol. The van der Waals surface area contributed by atoms with Gasteiger partial charge in [-0.2, -0.15) is 0 Å². The molecule has 2 aliphatic heterocycles.